The molecule has 0 radical (unpaired) electrons. The van der Waals surface area contributed by atoms with E-state index in [-0.39, 0.29) is 0 Å². The molecule has 1 aliphatic heterocycles. The number of rotatable bonds is 3. The van der Waals surface area contributed by atoms with Crippen molar-refractivity contribution in [3.63, 3.8) is 0 Å². The van der Waals surface area contributed by atoms with Gasteiger partial charge in [0.25, 0.3) is 0 Å². The van der Waals surface area contributed by atoms with Crippen LogP contribution >= 0.6 is 22.6 Å². The molecule has 1 unspecified atom stereocenters. The van der Waals surface area contributed by atoms with Gasteiger partial charge in [0.05, 0.1) is 0 Å². The lowest BCUT2D eigenvalue weighted by atomic mass is 10.2. The minimum absolute atomic E-state index is 0.729. The summed E-state index contributed by atoms with van der Waals surface area (Å²) in [5.74, 6) is 0. The second-order valence-corrected chi connectivity index (χ2v) is 4.12. The van der Waals surface area contributed by atoms with E-state index in [4.69, 9.17) is 0 Å². The van der Waals surface area contributed by atoms with Gasteiger partial charge in [0, 0.05) is 12.6 Å². The fourth-order valence-electron chi connectivity index (χ4n) is 1.40. The Morgan fingerprint density at radius 3 is 3.09 bits per heavy atom. The van der Waals surface area contributed by atoms with Crippen molar-refractivity contribution in [2.75, 3.05) is 24.1 Å². The molecule has 1 rings (SSSR count). The Balaban J connectivity index is 2.09. The number of hydrogen-bond acceptors (Lipinski definition) is 2. The first-order valence-electron chi connectivity index (χ1n) is 4.43. The van der Waals surface area contributed by atoms with Crippen LogP contribution in [0.5, 0.6) is 0 Å². The molecule has 1 heterocycles. The Hall–Kier alpha value is 0.650. The molecule has 0 spiro atoms. The second-order valence-electron chi connectivity index (χ2n) is 3.04. The molecular weight excluding hydrogens is 251 g/mol. The number of hydrogen-bond donors (Lipinski definition) is 2. The molecule has 1 fully saturated rings. The van der Waals surface area contributed by atoms with Gasteiger partial charge in [-0.15, -0.1) is 0 Å². The molecule has 0 bridgehead atoms. The monoisotopic (exact) mass is 268 g/mol. The quantitative estimate of drug-likeness (QED) is 0.592. The van der Waals surface area contributed by atoms with Crippen LogP contribution in [-0.4, -0.2) is 30.1 Å². The molecule has 2 nitrogen and oxygen atoms in total. The lowest BCUT2D eigenvalue weighted by molar-refractivity contribution is 0.492. The summed E-state index contributed by atoms with van der Waals surface area (Å²) < 4.78 is 1.29. The summed E-state index contributed by atoms with van der Waals surface area (Å²) >= 11 is 2.45. The molecule has 0 aromatic rings. The van der Waals surface area contributed by atoms with E-state index in [0.717, 1.165) is 12.6 Å². The summed E-state index contributed by atoms with van der Waals surface area (Å²) in [7, 11) is 0. The summed E-state index contributed by atoms with van der Waals surface area (Å²) in [6.45, 7) is 3.54. The summed E-state index contributed by atoms with van der Waals surface area (Å²) in [5.41, 5.74) is 0. The predicted octanol–water partition coefficient (Wildman–Crippen LogP) is 1.15. The number of halogens is 1. The van der Waals surface area contributed by atoms with Gasteiger partial charge in [-0.1, -0.05) is 22.6 Å². The van der Waals surface area contributed by atoms with Crippen molar-refractivity contribution in [1.82, 2.24) is 10.6 Å². The van der Waals surface area contributed by atoms with Gasteiger partial charge in [0.1, 0.15) is 0 Å². The van der Waals surface area contributed by atoms with Crippen LogP contribution in [-0.2, 0) is 0 Å². The lowest BCUT2D eigenvalue weighted by Crippen LogP contribution is -2.35. The zero-order chi connectivity index (χ0) is 7.94. The van der Waals surface area contributed by atoms with Crippen molar-refractivity contribution in [3.8, 4) is 0 Å². The lowest BCUT2D eigenvalue weighted by Gasteiger charge is -2.14. The van der Waals surface area contributed by atoms with E-state index >= 15 is 0 Å². The molecule has 2 N–H and O–H groups in total. The van der Waals surface area contributed by atoms with Crippen LogP contribution in [0.25, 0.3) is 0 Å². The topological polar surface area (TPSA) is 24.1 Å². The summed E-state index contributed by atoms with van der Waals surface area (Å²) in [6.07, 6.45) is 3.95. The standard InChI is InChI=1S/C8H17IN2/c9-4-1-3-8-7-10-5-2-6-11-8/h8,10-11H,1-7H2. The molecule has 1 aliphatic rings. The number of alkyl halides is 1. The summed E-state index contributed by atoms with van der Waals surface area (Å²) in [4.78, 5) is 0. The average Bonchev–Trinajstić information content (AvgIpc) is 2.28. The van der Waals surface area contributed by atoms with Crippen molar-refractivity contribution in [2.24, 2.45) is 0 Å². The molecule has 66 valence electrons. The highest BCUT2D eigenvalue weighted by molar-refractivity contribution is 14.1. The summed E-state index contributed by atoms with van der Waals surface area (Å²) in [5, 5.41) is 6.99. The van der Waals surface area contributed by atoms with Crippen LogP contribution < -0.4 is 10.6 Å². The first-order valence-corrected chi connectivity index (χ1v) is 5.96. The third-order valence-electron chi connectivity index (χ3n) is 2.04. The molecule has 0 aliphatic carbocycles. The van der Waals surface area contributed by atoms with Crippen LogP contribution in [0.15, 0.2) is 0 Å². The van der Waals surface area contributed by atoms with Gasteiger partial charge in [0.2, 0.25) is 0 Å². The van der Waals surface area contributed by atoms with E-state index in [9.17, 15) is 0 Å². The van der Waals surface area contributed by atoms with Gasteiger partial charge in [-0.2, -0.15) is 0 Å². The highest BCUT2D eigenvalue weighted by Gasteiger charge is 2.08. The third kappa shape index (κ3) is 4.28. The van der Waals surface area contributed by atoms with E-state index in [2.05, 4.69) is 33.2 Å². The van der Waals surface area contributed by atoms with Crippen LogP contribution in [0.3, 0.4) is 0 Å². The van der Waals surface area contributed by atoms with Crippen molar-refractivity contribution < 1.29 is 0 Å². The zero-order valence-electron chi connectivity index (χ0n) is 6.91. The molecule has 1 saturated heterocycles. The molecular formula is C8H17IN2. The number of nitrogens with one attached hydrogen (secondary N) is 2. The maximum atomic E-state index is 3.55. The van der Waals surface area contributed by atoms with Gasteiger partial charge in [0.15, 0.2) is 0 Å². The van der Waals surface area contributed by atoms with Crippen LogP contribution in [0.4, 0.5) is 0 Å². The SMILES string of the molecule is ICCCC1CNCCCN1. The normalized spacial score (nSPS) is 26.5. The largest absolute Gasteiger partial charge is 0.315 e. The van der Waals surface area contributed by atoms with E-state index in [1.165, 1.54) is 36.8 Å². The Labute approximate surface area is 82.6 Å². The van der Waals surface area contributed by atoms with Gasteiger partial charge >= 0.3 is 0 Å². The average molecular weight is 268 g/mol. The Morgan fingerprint density at radius 1 is 1.36 bits per heavy atom. The van der Waals surface area contributed by atoms with Crippen molar-refractivity contribution >= 4 is 22.6 Å². The highest BCUT2D eigenvalue weighted by atomic mass is 127. The maximum absolute atomic E-state index is 3.55. The molecule has 3 heteroatoms. The van der Waals surface area contributed by atoms with E-state index in [1.54, 1.807) is 0 Å². The first kappa shape index (κ1) is 9.74. The van der Waals surface area contributed by atoms with Gasteiger partial charge in [-0.25, -0.2) is 0 Å². The van der Waals surface area contributed by atoms with Crippen molar-refractivity contribution in [3.05, 3.63) is 0 Å². The second kappa shape index (κ2) is 6.20. The van der Waals surface area contributed by atoms with Gasteiger partial charge in [-0.05, 0) is 36.8 Å². The Bertz CT molecular complexity index is 90.1. The Morgan fingerprint density at radius 2 is 2.27 bits per heavy atom. The predicted molar refractivity (Wildman–Crippen MR) is 57.4 cm³/mol. The Kier molecular flexibility index (Phi) is 5.49. The maximum Gasteiger partial charge on any atom is 0.0192 e. The van der Waals surface area contributed by atoms with Crippen molar-refractivity contribution in [1.29, 1.82) is 0 Å². The van der Waals surface area contributed by atoms with E-state index in [0.29, 0.717) is 0 Å². The highest BCUT2D eigenvalue weighted by Crippen LogP contribution is 2.01. The smallest absolute Gasteiger partial charge is 0.0192 e. The van der Waals surface area contributed by atoms with Crippen LogP contribution in [0.2, 0.25) is 0 Å². The zero-order valence-corrected chi connectivity index (χ0v) is 9.06. The van der Waals surface area contributed by atoms with Crippen molar-refractivity contribution in [2.45, 2.75) is 25.3 Å². The van der Waals surface area contributed by atoms with E-state index in [1.807, 2.05) is 0 Å². The molecule has 0 amide bonds. The van der Waals surface area contributed by atoms with Gasteiger partial charge in [-0.3, -0.25) is 0 Å². The molecule has 11 heavy (non-hydrogen) atoms. The fraction of sp³-hybridized carbons (Fsp3) is 1.00. The van der Waals surface area contributed by atoms with Crippen LogP contribution in [0.1, 0.15) is 19.3 Å². The van der Waals surface area contributed by atoms with Gasteiger partial charge < -0.3 is 10.6 Å². The molecule has 0 saturated carbocycles. The molecule has 1 atom stereocenters. The fourth-order valence-corrected chi connectivity index (χ4v) is 1.84. The minimum atomic E-state index is 0.729. The third-order valence-corrected chi connectivity index (χ3v) is 2.80. The minimum Gasteiger partial charge on any atom is -0.315 e. The van der Waals surface area contributed by atoms with Crippen LogP contribution in [0, 0.1) is 0 Å². The summed E-state index contributed by atoms with van der Waals surface area (Å²) in [6, 6.07) is 0.729. The molecule has 0 aromatic heterocycles. The first-order chi connectivity index (χ1) is 5.43. The van der Waals surface area contributed by atoms with E-state index < -0.39 is 0 Å². The molecule has 0 aromatic carbocycles.